The van der Waals surface area contributed by atoms with Crippen molar-refractivity contribution in [2.75, 3.05) is 18.5 Å². The van der Waals surface area contributed by atoms with Gasteiger partial charge in [0.05, 0.1) is 0 Å². The van der Waals surface area contributed by atoms with Gasteiger partial charge in [0.25, 0.3) is 0 Å². The van der Waals surface area contributed by atoms with E-state index in [1.165, 1.54) is 57.0 Å². The van der Waals surface area contributed by atoms with Gasteiger partial charge in [0, 0.05) is 12.3 Å². The molecule has 0 saturated heterocycles. The maximum atomic E-state index is 12.7. The van der Waals surface area contributed by atoms with Crippen LogP contribution in [0.25, 0.3) is 0 Å². The van der Waals surface area contributed by atoms with Crippen LogP contribution >= 0.6 is 6.89 Å². The molecule has 1 nitrogen and oxygen atoms in total. The number of carbonyl (C=O) groups is 1. The van der Waals surface area contributed by atoms with Gasteiger partial charge >= 0.3 is 0 Å². The summed E-state index contributed by atoms with van der Waals surface area (Å²) in [7, 11) is 0. The number of unbranched alkanes of at least 4 members (excludes halogenated alkanes) is 3. The molecule has 0 heterocycles. The lowest BCUT2D eigenvalue weighted by Crippen LogP contribution is -2.16. The van der Waals surface area contributed by atoms with Crippen LogP contribution in [-0.2, 0) is 4.79 Å². The van der Waals surface area contributed by atoms with Gasteiger partial charge in [-0.25, -0.2) is 0 Å². The summed E-state index contributed by atoms with van der Waals surface area (Å²) in [5, 5.41) is 0. The van der Waals surface area contributed by atoms with E-state index >= 15 is 0 Å². The number of hydrogen-bond donors (Lipinski definition) is 0. The van der Waals surface area contributed by atoms with E-state index in [1.807, 2.05) is 13.8 Å². The molecule has 0 aliphatic rings. The third-order valence-electron chi connectivity index (χ3n) is 4.34. The molecule has 0 bridgehead atoms. The highest BCUT2D eigenvalue weighted by atomic mass is 31.2. The summed E-state index contributed by atoms with van der Waals surface area (Å²) in [6.07, 6.45) is 12.1. The van der Waals surface area contributed by atoms with E-state index in [9.17, 15) is 4.79 Å². The highest BCUT2D eigenvalue weighted by molar-refractivity contribution is 7.76. The minimum absolute atomic E-state index is 0.0664. The van der Waals surface area contributed by atoms with Crippen molar-refractivity contribution >= 4 is 18.5 Å². The second-order valence-corrected chi connectivity index (χ2v) is 10.6. The van der Waals surface area contributed by atoms with Gasteiger partial charge in [0.1, 0.15) is 0 Å². The topological polar surface area (TPSA) is 17.1 Å². The first kappa shape index (κ1) is 21.5. The molecule has 0 saturated carbocycles. The van der Waals surface area contributed by atoms with Crippen LogP contribution in [0.4, 0.5) is 0 Å². The summed E-state index contributed by atoms with van der Waals surface area (Å²) in [6, 6.07) is 0. The Kier molecular flexibility index (Phi) is 12.7. The Hall–Kier alpha value is -0.470. The van der Waals surface area contributed by atoms with Crippen molar-refractivity contribution in [3.05, 3.63) is 0 Å². The van der Waals surface area contributed by atoms with Crippen molar-refractivity contribution in [2.45, 2.75) is 79.6 Å². The van der Waals surface area contributed by atoms with Crippen LogP contribution in [0.2, 0.25) is 0 Å². The quantitative estimate of drug-likeness (QED) is 0.326. The molecule has 1 unspecified atom stereocenters. The van der Waals surface area contributed by atoms with Gasteiger partial charge in [-0.05, 0) is 50.5 Å². The third-order valence-corrected chi connectivity index (χ3v) is 8.77. The average Bonchev–Trinajstić information content (AvgIpc) is 2.53. The van der Waals surface area contributed by atoms with Gasteiger partial charge in [-0.3, -0.25) is 4.79 Å². The van der Waals surface area contributed by atoms with E-state index < -0.39 is 6.89 Å². The van der Waals surface area contributed by atoms with Gasteiger partial charge in [0.2, 0.25) is 0 Å². The van der Waals surface area contributed by atoms with Crippen LogP contribution in [0.3, 0.4) is 0 Å². The number of ketones is 1. The van der Waals surface area contributed by atoms with Gasteiger partial charge in [-0.2, -0.15) is 0 Å². The molecule has 0 aliphatic carbocycles. The lowest BCUT2D eigenvalue weighted by Gasteiger charge is -2.27. The monoisotopic (exact) mass is 324 g/mol. The van der Waals surface area contributed by atoms with Crippen molar-refractivity contribution < 1.29 is 4.79 Å². The first-order chi connectivity index (χ1) is 10.5. The van der Waals surface area contributed by atoms with Crippen LogP contribution in [0, 0.1) is 17.8 Å². The minimum Gasteiger partial charge on any atom is -0.294 e. The van der Waals surface area contributed by atoms with Crippen LogP contribution < -0.4 is 0 Å². The standard InChI is InChI=1S/C20H37OP/c1-6-10-14-19(5)20(21)18-22(15-11-7-2,16-12-8-3)17-13-9-4/h18-19H,7-9,11-17H2,1-5H3. The van der Waals surface area contributed by atoms with Crippen molar-refractivity contribution in [2.24, 2.45) is 5.92 Å². The molecule has 22 heavy (non-hydrogen) atoms. The van der Waals surface area contributed by atoms with Gasteiger partial charge in [-0.1, -0.05) is 47.0 Å². The zero-order valence-electron chi connectivity index (χ0n) is 15.6. The highest BCUT2D eigenvalue weighted by Crippen LogP contribution is 2.49. The largest absolute Gasteiger partial charge is 0.294 e. The van der Waals surface area contributed by atoms with Crippen LogP contribution in [0.5, 0.6) is 0 Å². The van der Waals surface area contributed by atoms with E-state index in [1.54, 1.807) is 0 Å². The molecule has 0 fully saturated rings. The molecule has 0 amide bonds. The normalized spacial score (nSPS) is 12.4. The molecule has 2 heteroatoms. The second-order valence-electron chi connectivity index (χ2n) is 6.51. The fraction of sp³-hybridized carbons (Fsp3) is 0.800. The Morgan fingerprint density at radius 2 is 1.45 bits per heavy atom. The molecular formula is C20H37OP. The van der Waals surface area contributed by atoms with Crippen LogP contribution in [0.1, 0.15) is 79.6 Å². The molecule has 1 atom stereocenters. The summed E-state index contributed by atoms with van der Waals surface area (Å²) < 4.78 is 0. The van der Waals surface area contributed by atoms with Gasteiger partial charge in [0.15, 0.2) is 5.78 Å². The van der Waals surface area contributed by atoms with Crippen molar-refractivity contribution in [3.8, 4) is 11.8 Å². The summed E-state index contributed by atoms with van der Waals surface area (Å²) >= 11 is 0. The van der Waals surface area contributed by atoms with Crippen molar-refractivity contribution in [1.29, 1.82) is 0 Å². The van der Waals surface area contributed by atoms with E-state index in [0.717, 1.165) is 0 Å². The predicted octanol–water partition coefficient (Wildman–Crippen LogP) is 5.83. The SMILES string of the molecule is CC#CCC(C)C(=O)C=P(CCCC)(CCCC)CCCC. The summed E-state index contributed by atoms with van der Waals surface area (Å²) in [4.78, 5) is 12.7. The first-order valence-corrected chi connectivity index (χ1v) is 11.6. The van der Waals surface area contributed by atoms with E-state index in [2.05, 4.69) is 38.4 Å². The molecular weight excluding hydrogens is 287 g/mol. The molecule has 0 rings (SSSR count). The Morgan fingerprint density at radius 1 is 1.00 bits per heavy atom. The Bertz CT molecular complexity index is 383. The van der Waals surface area contributed by atoms with Crippen LogP contribution in [-0.4, -0.2) is 30.1 Å². The van der Waals surface area contributed by atoms with E-state index in [-0.39, 0.29) is 5.92 Å². The molecule has 0 aromatic heterocycles. The van der Waals surface area contributed by atoms with Crippen molar-refractivity contribution in [3.63, 3.8) is 0 Å². The number of carbonyl (C=O) groups excluding carboxylic acids is 1. The molecule has 0 radical (unpaired) electrons. The molecule has 0 aromatic carbocycles. The highest BCUT2D eigenvalue weighted by Gasteiger charge is 2.20. The Labute approximate surface area is 139 Å². The van der Waals surface area contributed by atoms with E-state index in [4.69, 9.17) is 0 Å². The summed E-state index contributed by atoms with van der Waals surface area (Å²) in [5.41, 5.74) is 0. The maximum Gasteiger partial charge on any atom is 0.159 e. The Morgan fingerprint density at radius 3 is 1.82 bits per heavy atom. The van der Waals surface area contributed by atoms with E-state index in [0.29, 0.717) is 12.2 Å². The zero-order valence-corrected chi connectivity index (χ0v) is 16.5. The Balaban J connectivity index is 5.28. The average molecular weight is 324 g/mol. The lowest BCUT2D eigenvalue weighted by molar-refractivity contribution is -0.115. The molecule has 0 N–H and O–H groups in total. The number of Topliss-reactive ketones (excluding diaryl/α,β-unsaturated/α-hetero) is 1. The summed E-state index contributed by atoms with van der Waals surface area (Å²) in [6.45, 7) is 9.46. The fourth-order valence-corrected chi connectivity index (χ4v) is 7.39. The third kappa shape index (κ3) is 8.85. The first-order valence-electron chi connectivity index (χ1n) is 9.20. The smallest absolute Gasteiger partial charge is 0.159 e. The predicted molar refractivity (Wildman–Crippen MR) is 105 cm³/mol. The van der Waals surface area contributed by atoms with Gasteiger partial charge < -0.3 is 0 Å². The molecule has 128 valence electrons. The molecule has 0 aliphatic heterocycles. The molecule has 0 spiro atoms. The second kappa shape index (κ2) is 13.0. The van der Waals surface area contributed by atoms with Gasteiger partial charge in [-0.15, -0.1) is 18.7 Å². The zero-order chi connectivity index (χ0) is 16.8. The number of hydrogen-bond acceptors (Lipinski definition) is 1. The van der Waals surface area contributed by atoms with Crippen molar-refractivity contribution in [1.82, 2.24) is 0 Å². The summed E-state index contributed by atoms with van der Waals surface area (Å²) in [5.74, 6) is 8.62. The van der Waals surface area contributed by atoms with Crippen LogP contribution in [0.15, 0.2) is 0 Å². The maximum absolute atomic E-state index is 12.7. The molecule has 0 aromatic rings. The minimum atomic E-state index is -1.21. The number of rotatable bonds is 12. The lowest BCUT2D eigenvalue weighted by atomic mass is 10.0. The fourth-order valence-electron chi connectivity index (χ4n) is 2.70.